The van der Waals surface area contributed by atoms with Crippen molar-refractivity contribution in [1.29, 1.82) is 0 Å². The second-order valence-electron chi connectivity index (χ2n) is 3.65. The van der Waals surface area contributed by atoms with E-state index in [-0.39, 0.29) is 16.7 Å². The molecule has 3 N–H and O–H groups in total. The van der Waals surface area contributed by atoms with E-state index in [0.29, 0.717) is 17.0 Å². The van der Waals surface area contributed by atoms with Crippen LogP contribution in [0.2, 0.25) is 5.02 Å². The topological polar surface area (TPSA) is 93.6 Å². The molecular weight excluding hydrogens is 268 g/mol. The number of nitrogens with two attached hydrogens (primary N) is 1. The number of hydrogen-bond acceptors (Lipinski definition) is 5. The Labute approximate surface area is 114 Å². The molecule has 98 valence electrons. The molecule has 2 heterocycles. The van der Waals surface area contributed by atoms with Gasteiger partial charge in [0.1, 0.15) is 5.02 Å². The number of halogens is 1. The fraction of sp³-hybridized carbons (Fsp3) is 0.0833. The van der Waals surface area contributed by atoms with Crippen LogP contribution in [-0.4, -0.2) is 21.0 Å². The van der Waals surface area contributed by atoms with Gasteiger partial charge in [0.15, 0.2) is 11.6 Å². The predicted molar refractivity (Wildman–Crippen MR) is 70.8 cm³/mol. The van der Waals surface area contributed by atoms with Crippen molar-refractivity contribution < 1.29 is 9.94 Å². The lowest BCUT2D eigenvalue weighted by molar-refractivity contribution is 0.318. The second-order valence-corrected chi connectivity index (χ2v) is 4.03. The molecule has 0 aliphatic rings. The molecule has 0 aliphatic heterocycles. The maximum Gasteiger partial charge on any atom is 0.238 e. The number of rotatable bonds is 3. The van der Waals surface area contributed by atoms with Crippen molar-refractivity contribution in [3.8, 4) is 11.6 Å². The van der Waals surface area contributed by atoms with Gasteiger partial charge in [0, 0.05) is 18.0 Å². The largest absolute Gasteiger partial charge is 0.436 e. The molecule has 19 heavy (non-hydrogen) atoms. The molecule has 0 bridgehead atoms. The first-order chi connectivity index (χ1) is 9.13. The van der Waals surface area contributed by atoms with Gasteiger partial charge in [-0.05, 0) is 25.1 Å². The first-order valence-electron chi connectivity index (χ1n) is 5.35. The second kappa shape index (κ2) is 5.53. The summed E-state index contributed by atoms with van der Waals surface area (Å²) in [5, 5.41) is 11.7. The van der Waals surface area contributed by atoms with E-state index in [1.807, 2.05) is 0 Å². The minimum absolute atomic E-state index is 0.111. The zero-order valence-corrected chi connectivity index (χ0v) is 10.8. The van der Waals surface area contributed by atoms with Gasteiger partial charge in [-0.2, -0.15) is 0 Å². The van der Waals surface area contributed by atoms with Gasteiger partial charge < -0.3 is 15.7 Å². The van der Waals surface area contributed by atoms with E-state index in [2.05, 4.69) is 15.1 Å². The Balaban J connectivity index is 2.40. The molecule has 0 fully saturated rings. The highest BCUT2D eigenvalue weighted by molar-refractivity contribution is 6.35. The third kappa shape index (κ3) is 2.74. The summed E-state index contributed by atoms with van der Waals surface area (Å²) >= 11 is 6.10. The highest BCUT2D eigenvalue weighted by Crippen LogP contribution is 2.30. The van der Waals surface area contributed by atoms with Gasteiger partial charge >= 0.3 is 0 Å². The molecule has 0 unspecified atom stereocenters. The summed E-state index contributed by atoms with van der Waals surface area (Å²) in [6, 6.07) is 5.01. The lowest BCUT2D eigenvalue weighted by Gasteiger charge is -2.10. The summed E-state index contributed by atoms with van der Waals surface area (Å²) in [5.41, 5.74) is 6.55. The molecule has 0 spiro atoms. The standard InChI is InChI=1S/C12H11ClN4O2/c1-7-9(3-2-5-15-7)19-12-10(13)8(4-6-16-12)11(14)17-18/h2-6,18H,1H3,(H2,14,17). The van der Waals surface area contributed by atoms with E-state index >= 15 is 0 Å². The van der Waals surface area contributed by atoms with Crippen molar-refractivity contribution in [2.24, 2.45) is 10.9 Å². The van der Waals surface area contributed by atoms with E-state index in [1.54, 1.807) is 25.3 Å². The summed E-state index contributed by atoms with van der Waals surface area (Å²) in [6.07, 6.45) is 3.12. The first kappa shape index (κ1) is 13.1. The monoisotopic (exact) mass is 278 g/mol. The SMILES string of the molecule is Cc1ncccc1Oc1nccc(/C(N)=N/O)c1Cl. The van der Waals surface area contributed by atoms with Gasteiger partial charge in [-0.25, -0.2) is 4.98 Å². The van der Waals surface area contributed by atoms with Crippen LogP contribution in [0.4, 0.5) is 0 Å². The van der Waals surface area contributed by atoms with Crippen LogP contribution in [0.5, 0.6) is 11.6 Å². The summed E-state index contributed by atoms with van der Waals surface area (Å²) in [4.78, 5) is 8.11. The molecule has 2 aromatic rings. The molecule has 7 heteroatoms. The molecule has 0 amide bonds. The lowest BCUT2D eigenvalue weighted by atomic mass is 10.2. The van der Waals surface area contributed by atoms with Crippen molar-refractivity contribution in [2.75, 3.05) is 0 Å². The highest BCUT2D eigenvalue weighted by Gasteiger charge is 2.13. The number of nitrogens with zero attached hydrogens (tertiary/aromatic N) is 3. The van der Waals surface area contributed by atoms with Crippen LogP contribution >= 0.6 is 11.6 Å². The summed E-state index contributed by atoms with van der Waals surface area (Å²) in [6.45, 7) is 1.80. The van der Waals surface area contributed by atoms with E-state index in [4.69, 9.17) is 27.3 Å². The zero-order valence-electron chi connectivity index (χ0n) is 10.0. The summed E-state index contributed by atoms with van der Waals surface area (Å²) in [5.74, 6) is 0.593. The molecule has 0 radical (unpaired) electrons. The Morgan fingerprint density at radius 1 is 1.37 bits per heavy atom. The van der Waals surface area contributed by atoms with Crippen LogP contribution in [0.25, 0.3) is 0 Å². The Hall–Kier alpha value is -2.34. The molecular formula is C12H11ClN4O2. The predicted octanol–water partition coefficient (Wildman–Crippen LogP) is 2.33. The number of amidine groups is 1. The first-order valence-corrected chi connectivity index (χ1v) is 5.73. The smallest absolute Gasteiger partial charge is 0.238 e. The van der Waals surface area contributed by atoms with Crippen LogP contribution < -0.4 is 10.5 Å². The zero-order chi connectivity index (χ0) is 13.8. The van der Waals surface area contributed by atoms with Crippen LogP contribution in [-0.2, 0) is 0 Å². The minimum Gasteiger partial charge on any atom is -0.436 e. The molecule has 0 aromatic carbocycles. The fourth-order valence-corrected chi connectivity index (χ4v) is 1.68. The number of pyridine rings is 2. The number of ether oxygens (including phenoxy) is 1. The average Bonchev–Trinajstić information content (AvgIpc) is 2.42. The summed E-state index contributed by atoms with van der Waals surface area (Å²) < 4.78 is 5.58. The number of oxime groups is 1. The van der Waals surface area contributed by atoms with Gasteiger partial charge in [-0.1, -0.05) is 16.8 Å². The van der Waals surface area contributed by atoms with Crippen LogP contribution in [0.1, 0.15) is 11.3 Å². The van der Waals surface area contributed by atoms with E-state index < -0.39 is 0 Å². The summed E-state index contributed by atoms with van der Waals surface area (Å²) in [7, 11) is 0. The molecule has 2 aromatic heterocycles. The van der Waals surface area contributed by atoms with Crippen molar-refractivity contribution in [2.45, 2.75) is 6.92 Å². The third-order valence-corrected chi connectivity index (χ3v) is 2.77. The van der Waals surface area contributed by atoms with Gasteiger partial charge in [-0.3, -0.25) is 4.98 Å². The molecule has 0 saturated carbocycles. The van der Waals surface area contributed by atoms with Gasteiger partial charge in [0.25, 0.3) is 0 Å². The average molecular weight is 279 g/mol. The third-order valence-electron chi connectivity index (χ3n) is 2.41. The number of aryl methyl sites for hydroxylation is 1. The van der Waals surface area contributed by atoms with Gasteiger partial charge in [-0.15, -0.1) is 0 Å². The van der Waals surface area contributed by atoms with Gasteiger partial charge in [0.2, 0.25) is 5.88 Å². The molecule has 2 rings (SSSR count). The molecule has 0 atom stereocenters. The Bertz CT molecular complexity index is 631. The van der Waals surface area contributed by atoms with Crippen molar-refractivity contribution in [3.05, 3.63) is 46.9 Å². The van der Waals surface area contributed by atoms with Crippen molar-refractivity contribution in [3.63, 3.8) is 0 Å². The molecule has 0 saturated heterocycles. The van der Waals surface area contributed by atoms with Crippen LogP contribution in [0.3, 0.4) is 0 Å². The van der Waals surface area contributed by atoms with E-state index in [9.17, 15) is 0 Å². The highest BCUT2D eigenvalue weighted by atomic mass is 35.5. The Morgan fingerprint density at radius 3 is 2.84 bits per heavy atom. The number of hydrogen-bond donors (Lipinski definition) is 2. The maximum atomic E-state index is 8.67. The molecule has 6 nitrogen and oxygen atoms in total. The van der Waals surface area contributed by atoms with Gasteiger partial charge in [0.05, 0.1) is 5.69 Å². The van der Waals surface area contributed by atoms with Crippen molar-refractivity contribution >= 4 is 17.4 Å². The fourth-order valence-electron chi connectivity index (χ4n) is 1.43. The lowest BCUT2D eigenvalue weighted by Crippen LogP contribution is -2.14. The van der Waals surface area contributed by atoms with E-state index in [1.165, 1.54) is 12.3 Å². The van der Waals surface area contributed by atoms with Crippen LogP contribution in [0, 0.1) is 6.92 Å². The molecule has 0 aliphatic carbocycles. The minimum atomic E-state index is -0.111. The quantitative estimate of drug-likeness (QED) is 0.389. The van der Waals surface area contributed by atoms with Crippen LogP contribution in [0.15, 0.2) is 35.7 Å². The maximum absolute atomic E-state index is 8.67. The normalized spacial score (nSPS) is 11.4. The Morgan fingerprint density at radius 2 is 2.16 bits per heavy atom. The number of aromatic nitrogens is 2. The Kier molecular flexibility index (Phi) is 3.82. The van der Waals surface area contributed by atoms with E-state index in [0.717, 1.165) is 0 Å². The van der Waals surface area contributed by atoms with Crippen molar-refractivity contribution in [1.82, 2.24) is 9.97 Å².